The third-order valence-electron chi connectivity index (χ3n) is 5.81. The van der Waals surface area contributed by atoms with Crippen LogP contribution in [0, 0.1) is 0 Å². The van der Waals surface area contributed by atoms with E-state index in [4.69, 9.17) is 8.83 Å². The van der Waals surface area contributed by atoms with Crippen molar-refractivity contribution in [3.8, 4) is 5.69 Å². The van der Waals surface area contributed by atoms with E-state index >= 15 is 0 Å². The fraction of sp³-hybridized carbons (Fsp3) is 0. The van der Waals surface area contributed by atoms with Gasteiger partial charge in [0, 0.05) is 21.5 Å². The van der Waals surface area contributed by atoms with Crippen LogP contribution in [0.3, 0.4) is 0 Å². The molecule has 29 heavy (non-hydrogen) atoms. The molecule has 0 unspecified atom stereocenters. The lowest BCUT2D eigenvalue weighted by Gasteiger charge is -2.08. The molecule has 0 atom stereocenters. The number of fused-ring (bicyclic) bond motifs is 8. The third kappa shape index (κ3) is 1.87. The lowest BCUT2D eigenvalue weighted by atomic mass is 10.1. The molecule has 0 saturated heterocycles. The van der Waals surface area contributed by atoms with Gasteiger partial charge in [-0.25, -0.2) is 0 Å². The molecule has 0 radical (unpaired) electrons. The molecule has 0 spiro atoms. The van der Waals surface area contributed by atoms with Gasteiger partial charge in [0.25, 0.3) is 0 Å². The number of aromatic nitrogens is 1. The summed E-state index contributed by atoms with van der Waals surface area (Å²) in [6.07, 6.45) is 0. The zero-order chi connectivity index (χ0) is 18.9. The number of nitrogens with zero attached hydrogens (tertiary/aromatic N) is 1. The van der Waals surface area contributed by atoms with Gasteiger partial charge in [0.05, 0.1) is 11.2 Å². The molecule has 0 aliphatic carbocycles. The van der Waals surface area contributed by atoms with Crippen molar-refractivity contribution in [3.05, 3.63) is 91.0 Å². The molecule has 3 heterocycles. The van der Waals surface area contributed by atoms with Crippen molar-refractivity contribution in [1.29, 1.82) is 0 Å². The maximum atomic E-state index is 6.34. The first-order chi connectivity index (χ1) is 14.4. The Bertz CT molecular complexity index is 1710. The van der Waals surface area contributed by atoms with Gasteiger partial charge < -0.3 is 13.4 Å². The predicted molar refractivity (Wildman–Crippen MR) is 118 cm³/mol. The molecule has 7 rings (SSSR count). The van der Waals surface area contributed by atoms with Crippen molar-refractivity contribution < 1.29 is 8.83 Å². The molecule has 0 fully saturated rings. The van der Waals surface area contributed by atoms with E-state index in [2.05, 4.69) is 71.3 Å². The summed E-state index contributed by atoms with van der Waals surface area (Å²) in [7, 11) is 0. The van der Waals surface area contributed by atoms with E-state index in [0.717, 1.165) is 60.6 Å². The Labute approximate surface area is 165 Å². The zero-order valence-corrected chi connectivity index (χ0v) is 15.4. The molecular weight excluding hydrogens is 358 g/mol. The van der Waals surface area contributed by atoms with Gasteiger partial charge in [-0.2, -0.15) is 0 Å². The monoisotopic (exact) mass is 373 g/mol. The van der Waals surface area contributed by atoms with Crippen LogP contribution in [0.1, 0.15) is 0 Å². The quantitative estimate of drug-likeness (QED) is 0.300. The van der Waals surface area contributed by atoms with E-state index < -0.39 is 0 Å². The fourth-order valence-corrected chi connectivity index (χ4v) is 4.58. The van der Waals surface area contributed by atoms with Crippen molar-refractivity contribution in [3.63, 3.8) is 0 Å². The van der Waals surface area contributed by atoms with E-state index in [0.29, 0.717) is 0 Å². The van der Waals surface area contributed by atoms with E-state index in [1.165, 1.54) is 0 Å². The normalized spacial score (nSPS) is 12.1. The predicted octanol–water partition coefficient (Wildman–Crippen LogP) is 7.43. The van der Waals surface area contributed by atoms with Crippen LogP contribution in [-0.4, -0.2) is 4.57 Å². The van der Waals surface area contributed by atoms with E-state index in [-0.39, 0.29) is 0 Å². The van der Waals surface area contributed by atoms with Crippen molar-refractivity contribution in [1.82, 2.24) is 4.57 Å². The van der Waals surface area contributed by atoms with E-state index in [1.807, 2.05) is 24.3 Å². The average Bonchev–Trinajstić information content (AvgIpc) is 3.42. The minimum Gasteiger partial charge on any atom is -0.454 e. The Balaban J connectivity index is 1.74. The second-order valence-corrected chi connectivity index (χ2v) is 7.38. The Morgan fingerprint density at radius 1 is 0.483 bits per heavy atom. The summed E-state index contributed by atoms with van der Waals surface area (Å²) in [4.78, 5) is 0. The van der Waals surface area contributed by atoms with Crippen LogP contribution in [0.15, 0.2) is 99.8 Å². The number of furan rings is 2. The standard InChI is InChI=1S/C26H15NO2/c1-4-12-20-18(9-1)26-24(19-10-3-6-15-23(19)29-26)27(20)21-13-7-11-17-16-8-2-5-14-22(16)28-25(17)21/h1-15H. The number of benzene rings is 4. The van der Waals surface area contributed by atoms with Gasteiger partial charge in [0.1, 0.15) is 16.7 Å². The summed E-state index contributed by atoms with van der Waals surface area (Å²) < 4.78 is 14.9. The minimum atomic E-state index is 0.890. The summed E-state index contributed by atoms with van der Waals surface area (Å²) in [5, 5.41) is 4.46. The number of hydrogen-bond donors (Lipinski definition) is 0. The maximum absolute atomic E-state index is 6.34. The number of para-hydroxylation sites is 4. The third-order valence-corrected chi connectivity index (χ3v) is 5.81. The molecule has 136 valence electrons. The minimum absolute atomic E-state index is 0.890. The van der Waals surface area contributed by atoms with E-state index in [1.54, 1.807) is 0 Å². The summed E-state index contributed by atoms with van der Waals surface area (Å²) in [5.74, 6) is 0. The second-order valence-electron chi connectivity index (χ2n) is 7.38. The number of hydrogen-bond acceptors (Lipinski definition) is 2. The number of rotatable bonds is 1. The smallest absolute Gasteiger partial charge is 0.161 e. The Kier molecular flexibility index (Phi) is 2.74. The first-order valence-corrected chi connectivity index (χ1v) is 9.71. The van der Waals surface area contributed by atoms with Gasteiger partial charge in [0.15, 0.2) is 11.2 Å². The molecule has 3 heteroatoms. The average molecular weight is 373 g/mol. The Hall–Kier alpha value is -3.98. The summed E-state index contributed by atoms with van der Waals surface area (Å²) >= 11 is 0. The Morgan fingerprint density at radius 2 is 1.10 bits per heavy atom. The van der Waals surface area contributed by atoms with E-state index in [9.17, 15) is 0 Å². The Morgan fingerprint density at radius 3 is 1.97 bits per heavy atom. The largest absolute Gasteiger partial charge is 0.454 e. The van der Waals surface area contributed by atoms with Gasteiger partial charge in [-0.15, -0.1) is 0 Å². The van der Waals surface area contributed by atoms with Crippen molar-refractivity contribution >= 4 is 54.9 Å². The zero-order valence-electron chi connectivity index (χ0n) is 15.4. The van der Waals surface area contributed by atoms with Gasteiger partial charge in [0.2, 0.25) is 0 Å². The molecule has 3 nitrogen and oxygen atoms in total. The highest BCUT2D eigenvalue weighted by Gasteiger charge is 2.21. The van der Waals surface area contributed by atoms with Crippen LogP contribution >= 0.6 is 0 Å². The van der Waals surface area contributed by atoms with Gasteiger partial charge in [-0.3, -0.25) is 0 Å². The maximum Gasteiger partial charge on any atom is 0.161 e. The lowest BCUT2D eigenvalue weighted by Crippen LogP contribution is -1.94. The molecule has 0 N–H and O–H groups in total. The molecule has 0 saturated carbocycles. The summed E-state index contributed by atoms with van der Waals surface area (Å²) in [5.41, 5.74) is 6.82. The first kappa shape index (κ1) is 15.0. The fourth-order valence-electron chi connectivity index (χ4n) is 4.58. The first-order valence-electron chi connectivity index (χ1n) is 9.71. The van der Waals surface area contributed by atoms with Crippen LogP contribution in [-0.2, 0) is 0 Å². The van der Waals surface area contributed by atoms with Crippen LogP contribution < -0.4 is 0 Å². The van der Waals surface area contributed by atoms with Crippen LogP contribution in [0.4, 0.5) is 0 Å². The topological polar surface area (TPSA) is 31.2 Å². The second kappa shape index (κ2) is 5.30. The molecule has 0 amide bonds. The molecule has 3 aromatic heterocycles. The summed E-state index contributed by atoms with van der Waals surface area (Å²) in [6, 6.07) is 31.1. The highest BCUT2D eigenvalue weighted by Crippen LogP contribution is 2.41. The molecule has 0 aliphatic heterocycles. The molecule has 0 bridgehead atoms. The molecule has 0 aliphatic rings. The molecule has 7 aromatic rings. The van der Waals surface area contributed by atoms with Crippen molar-refractivity contribution in [2.24, 2.45) is 0 Å². The van der Waals surface area contributed by atoms with Crippen LogP contribution in [0.25, 0.3) is 60.6 Å². The van der Waals surface area contributed by atoms with Crippen molar-refractivity contribution in [2.75, 3.05) is 0 Å². The van der Waals surface area contributed by atoms with Gasteiger partial charge in [-0.05, 0) is 36.4 Å². The van der Waals surface area contributed by atoms with Crippen molar-refractivity contribution in [2.45, 2.75) is 0 Å². The lowest BCUT2D eigenvalue weighted by molar-refractivity contribution is 0.666. The molecule has 4 aromatic carbocycles. The van der Waals surface area contributed by atoms with Gasteiger partial charge in [-0.1, -0.05) is 54.6 Å². The summed E-state index contributed by atoms with van der Waals surface area (Å²) in [6.45, 7) is 0. The molecular formula is C26H15NO2. The highest BCUT2D eigenvalue weighted by atomic mass is 16.3. The van der Waals surface area contributed by atoms with Crippen LogP contribution in [0.5, 0.6) is 0 Å². The van der Waals surface area contributed by atoms with Gasteiger partial charge >= 0.3 is 0 Å². The SMILES string of the molecule is c1ccc2c(c1)oc1c(-n3c4ccccc4c4oc5ccccc5c43)cccc12. The van der Waals surface area contributed by atoms with Crippen LogP contribution in [0.2, 0.25) is 0 Å². The highest BCUT2D eigenvalue weighted by molar-refractivity contribution is 6.17.